The first-order chi connectivity index (χ1) is 7.61. The number of benzene rings is 1. The van der Waals surface area contributed by atoms with Crippen LogP contribution in [0, 0.1) is 0 Å². The van der Waals surface area contributed by atoms with Gasteiger partial charge in [-0.05, 0) is 19.1 Å². The van der Waals surface area contributed by atoms with Crippen molar-refractivity contribution in [2.45, 2.75) is 19.8 Å². The minimum absolute atomic E-state index is 0.0146. The Hall–Kier alpha value is -1.84. The highest BCUT2D eigenvalue weighted by atomic mass is 16.5. The van der Waals surface area contributed by atoms with E-state index in [1.54, 1.807) is 31.4 Å². The van der Waals surface area contributed by atoms with Crippen LogP contribution < -0.4 is 10.1 Å². The van der Waals surface area contributed by atoms with Crippen LogP contribution in [-0.4, -0.2) is 18.8 Å². The van der Waals surface area contributed by atoms with Crippen LogP contribution in [0.4, 0.5) is 5.69 Å². The Labute approximate surface area is 94.6 Å². The van der Waals surface area contributed by atoms with Gasteiger partial charge < -0.3 is 14.8 Å². The second-order valence-electron chi connectivity index (χ2n) is 3.48. The lowest BCUT2D eigenvalue weighted by Crippen LogP contribution is -2.12. The van der Waals surface area contributed by atoms with Crippen LogP contribution in [0.2, 0.25) is 0 Å². The normalized spacial score (nSPS) is 9.62. The van der Waals surface area contributed by atoms with Gasteiger partial charge >= 0.3 is 0 Å². The summed E-state index contributed by atoms with van der Waals surface area (Å²) in [5.41, 5.74) is 0.674. The van der Waals surface area contributed by atoms with Crippen LogP contribution in [0.25, 0.3) is 0 Å². The molecule has 0 aliphatic carbocycles. The number of Topliss-reactive ketones (excluding diaryl/α,β-unsaturated/α-hetero) is 1. The van der Waals surface area contributed by atoms with Crippen molar-refractivity contribution in [2.75, 3.05) is 12.4 Å². The van der Waals surface area contributed by atoms with Crippen LogP contribution in [0.15, 0.2) is 24.3 Å². The van der Waals surface area contributed by atoms with Crippen molar-refractivity contribution in [3.63, 3.8) is 0 Å². The number of ketones is 1. The van der Waals surface area contributed by atoms with Gasteiger partial charge in [0.25, 0.3) is 0 Å². The Morgan fingerprint density at radius 1 is 1.31 bits per heavy atom. The molecule has 1 aromatic carbocycles. The summed E-state index contributed by atoms with van der Waals surface area (Å²) in [6, 6.07) is 7.09. The van der Waals surface area contributed by atoms with Gasteiger partial charge in [0.2, 0.25) is 5.91 Å². The summed E-state index contributed by atoms with van der Waals surface area (Å²) >= 11 is 0. The van der Waals surface area contributed by atoms with Crippen molar-refractivity contribution in [2.24, 2.45) is 0 Å². The number of carbonyl (C=O) groups excluding carboxylic acids is 2. The van der Waals surface area contributed by atoms with Gasteiger partial charge in [-0.25, -0.2) is 0 Å². The van der Waals surface area contributed by atoms with E-state index in [0.29, 0.717) is 11.4 Å². The van der Waals surface area contributed by atoms with Gasteiger partial charge in [-0.1, -0.05) is 6.07 Å². The number of hydrogen-bond donors (Lipinski definition) is 1. The van der Waals surface area contributed by atoms with E-state index in [1.165, 1.54) is 6.92 Å². The largest absolute Gasteiger partial charge is 0.497 e. The molecule has 0 fully saturated rings. The molecule has 0 aliphatic rings. The van der Waals surface area contributed by atoms with Gasteiger partial charge in [-0.3, -0.25) is 4.79 Å². The predicted octanol–water partition coefficient (Wildman–Crippen LogP) is 2.00. The quantitative estimate of drug-likeness (QED) is 0.827. The maximum Gasteiger partial charge on any atom is 0.224 e. The first kappa shape index (κ1) is 12.2. The first-order valence-electron chi connectivity index (χ1n) is 5.05. The number of rotatable bonds is 5. The zero-order valence-electron chi connectivity index (χ0n) is 9.45. The van der Waals surface area contributed by atoms with E-state index in [-0.39, 0.29) is 24.5 Å². The molecule has 1 aromatic rings. The minimum atomic E-state index is -0.163. The maximum atomic E-state index is 11.4. The standard InChI is InChI=1S/C12H15NO3/c1-9(14)6-7-12(15)13-10-4-3-5-11(8-10)16-2/h3-5,8H,6-7H2,1-2H3,(H,13,15). The Kier molecular flexibility index (Phi) is 4.51. The van der Waals surface area contributed by atoms with E-state index in [4.69, 9.17) is 4.74 Å². The molecule has 4 nitrogen and oxygen atoms in total. The van der Waals surface area contributed by atoms with Gasteiger partial charge in [0.1, 0.15) is 11.5 Å². The molecule has 0 heterocycles. The number of nitrogens with one attached hydrogen (secondary N) is 1. The highest BCUT2D eigenvalue weighted by molar-refractivity contribution is 5.93. The molecule has 86 valence electrons. The fourth-order valence-electron chi connectivity index (χ4n) is 1.21. The van der Waals surface area contributed by atoms with E-state index in [2.05, 4.69) is 5.32 Å². The molecule has 0 unspecified atom stereocenters. The average molecular weight is 221 g/mol. The molecule has 0 bridgehead atoms. The SMILES string of the molecule is COc1cccc(NC(=O)CCC(C)=O)c1. The number of ether oxygens (including phenoxy) is 1. The molecular weight excluding hydrogens is 206 g/mol. The summed E-state index contributed by atoms with van der Waals surface area (Å²) in [5, 5.41) is 2.70. The Morgan fingerprint density at radius 2 is 2.06 bits per heavy atom. The van der Waals surface area contributed by atoms with Gasteiger partial charge in [0.15, 0.2) is 0 Å². The lowest BCUT2D eigenvalue weighted by Gasteiger charge is -2.06. The summed E-state index contributed by atoms with van der Waals surface area (Å²) in [6.07, 6.45) is 0.488. The molecule has 1 N–H and O–H groups in total. The third kappa shape index (κ3) is 4.13. The molecular formula is C12H15NO3. The smallest absolute Gasteiger partial charge is 0.224 e. The highest BCUT2D eigenvalue weighted by Gasteiger charge is 2.04. The third-order valence-corrected chi connectivity index (χ3v) is 2.06. The third-order valence-electron chi connectivity index (χ3n) is 2.06. The van der Waals surface area contributed by atoms with Crippen LogP contribution in [0.1, 0.15) is 19.8 Å². The number of methoxy groups -OCH3 is 1. The molecule has 1 amide bonds. The van der Waals surface area contributed by atoms with E-state index in [9.17, 15) is 9.59 Å². The van der Waals surface area contributed by atoms with E-state index >= 15 is 0 Å². The van der Waals surface area contributed by atoms with Gasteiger partial charge in [0.05, 0.1) is 7.11 Å². The van der Waals surface area contributed by atoms with Crippen molar-refractivity contribution in [3.05, 3.63) is 24.3 Å². The van der Waals surface area contributed by atoms with E-state index in [1.807, 2.05) is 0 Å². The van der Waals surface area contributed by atoms with E-state index in [0.717, 1.165) is 0 Å². The highest BCUT2D eigenvalue weighted by Crippen LogP contribution is 2.16. The lowest BCUT2D eigenvalue weighted by molar-refractivity contribution is -0.121. The summed E-state index contributed by atoms with van der Waals surface area (Å²) in [7, 11) is 1.57. The van der Waals surface area contributed by atoms with Crippen molar-refractivity contribution in [1.82, 2.24) is 0 Å². The first-order valence-corrected chi connectivity index (χ1v) is 5.05. The maximum absolute atomic E-state index is 11.4. The van der Waals surface area contributed by atoms with Gasteiger partial charge in [0, 0.05) is 24.6 Å². The Bertz CT molecular complexity index is 388. The number of carbonyl (C=O) groups is 2. The summed E-state index contributed by atoms with van der Waals surface area (Å²) in [5.74, 6) is 0.536. The molecule has 16 heavy (non-hydrogen) atoms. The Balaban J connectivity index is 2.52. The zero-order valence-corrected chi connectivity index (χ0v) is 9.45. The number of anilines is 1. The van der Waals surface area contributed by atoms with Crippen LogP contribution in [0.5, 0.6) is 5.75 Å². The molecule has 0 aromatic heterocycles. The monoisotopic (exact) mass is 221 g/mol. The summed E-state index contributed by atoms with van der Waals surface area (Å²) in [4.78, 5) is 22.1. The molecule has 0 spiro atoms. The second kappa shape index (κ2) is 5.90. The summed E-state index contributed by atoms with van der Waals surface area (Å²) in [6.45, 7) is 1.47. The average Bonchev–Trinajstić information content (AvgIpc) is 2.26. The molecule has 0 atom stereocenters. The second-order valence-corrected chi connectivity index (χ2v) is 3.48. The number of hydrogen-bond acceptors (Lipinski definition) is 3. The van der Waals surface area contributed by atoms with Crippen molar-refractivity contribution >= 4 is 17.4 Å². The van der Waals surface area contributed by atoms with Crippen LogP contribution >= 0.6 is 0 Å². The van der Waals surface area contributed by atoms with Crippen molar-refractivity contribution in [1.29, 1.82) is 0 Å². The molecule has 0 radical (unpaired) electrons. The molecule has 4 heteroatoms. The fourth-order valence-corrected chi connectivity index (χ4v) is 1.21. The van der Waals surface area contributed by atoms with Crippen LogP contribution in [0.3, 0.4) is 0 Å². The van der Waals surface area contributed by atoms with Crippen molar-refractivity contribution < 1.29 is 14.3 Å². The van der Waals surface area contributed by atoms with Gasteiger partial charge in [-0.15, -0.1) is 0 Å². The molecule has 1 rings (SSSR count). The topological polar surface area (TPSA) is 55.4 Å². The molecule has 0 saturated heterocycles. The van der Waals surface area contributed by atoms with E-state index < -0.39 is 0 Å². The molecule has 0 saturated carbocycles. The van der Waals surface area contributed by atoms with Crippen LogP contribution in [-0.2, 0) is 9.59 Å². The zero-order chi connectivity index (χ0) is 12.0. The van der Waals surface area contributed by atoms with Gasteiger partial charge in [-0.2, -0.15) is 0 Å². The lowest BCUT2D eigenvalue weighted by atomic mass is 10.2. The fraction of sp³-hybridized carbons (Fsp3) is 0.333. The van der Waals surface area contributed by atoms with Crippen molar-refractivity contribution in [3.8, 4) is 5.75 Å². The Morgan fingerprint density at radius 3 is 2.69 bits per heavy atom. The number of amides is 1. The summed E-state index contributed by atoms with van der Waals surface area (Å²) < 4.78 is 5.03. The minimum Gasteiger partial charge on any atom is -0.497 e. The predicted molar refractivity (Wildman–Crippen MR) is 61.5 cm³/mol. The molecule has 0 aliphatic heterocycles.